The highest BCUT2D eigenvalue weighted by Gasteiger charge is 2.34. The van der Waals surface area contributed by atoms with Crippen LogP contribution in [0.25, 0.3) is 0 Å². The highest BCUT2D eigenvalue weighted by atomic mass is 35.5. The van der Waals surface area contributed by atoms with Crippen molar-refractivity contribution >= 4 is 39.2 Å². The lowest BCUT2D eigenvalue weighted by molar-refractivity contribution is -0.116. The number of ether oxygens (including phenoxy) is 3. The molecule has 1 aliphatic rings. The number of methoxy groups -OCH3 is 3. The van der Waals surface area contributed by atoms with Gasteiger partial charge in [-0.05, 0) is 37.1 Å². The van der Waals surface area contributed by atoms with E-state index in [4.69, 9.17) is 25.8 Å². The number of nitrogens with zero attached hydrogens (tertiary/aromatic N) is 1. The fourth-order valence-electron chi connectivity index (χ4n) is 4.11. The number of carbonyl (C=O) groups excluding carboxylic acids is 2. The number of hydrogen-bond acceptors (Lipinski definition) is 7. The van der Waals surface area contributed by atoms with Gasteiger partial charge in [0.05, 0.1) is 44.0 Å². The maximum Gasteiger partial charge on any atom is 0.340 e. The van der Waals surface area contributed by atoms with E-state index in [1.807, 2.05) is 0 Å². The Hall–Kier alpha value is -2.82. The number of halogens is 1. The first kappa shape index (κ1) is 26.8. The first-order valence-electron chi connectivity index (χ1n) is 11.1. The molecule has 0 spiro atoms. The van der Waals surface area contributed by atoms with Gasteiger partial charge >= 0.3 is 5.97 Å². The lowest BCUT2D eigenvalue weighted by Crippen LogP contribution is -2.45. The summed E-state index contributed by atoms with van der Waals surface area (Å²) >= 11 is 5.93. The molecule has 190 valence electrons. The van der Waals surface area contributed by atoms with Crippen molar-refractivity contribution in [2.24, 2.45) is 0 Å². The smallest absolute Gasteiger partial charge is 0.340 e. The zero-order valence-corrected chi connectivity index (χ0v) is 21.4. The highest BCUT2D eigenvalue weighted by Crippen LogP contribution is 2.34. The number of rotatable bonds is 9. The average molecular weight is 525 g/mol. The SMILES string of the molecule is COC(=O)c1cc(OC)c(OC)cc1NC(=O)CN(C1CCCCC1)S(=O)(=O)c1ccc(Cl)cc1. The Kier molecular flexibility index (Phi) is 8.98. The van der Waals surface area contributed by atoms with E-state index in [0.717, 1.165) is 19.3 Å². The van der Waals surface area contributed by atoms with Gasteiger partial charge in [0, 0.05) is 23.2 Å². The summed E-state index contributed by atoms with van der Waals surface area (Å²) in [5.41, 5.74) is 0.162. The fraction of sp³-hybridized carbons (Fsp3) is 0.417. The molecule has 1 N–H and O–H groups in total. The molecule has 1 saturated carbocycles. The predicted molar refractivity (Wildman–Crippen MR) is 132 cm³/mol. The summed E-state index contributed by atoms with van der Waals surface area (Å²) in [7, 11) is 0.0734. The lowest BCUT2D eigenvalue weighted by atomic mass is 9.95. The van der Waals surface area contributed by atoms with Gasteiger partial charge < -0.3 is 19.5 Å². The summed E-state index contributed by atoms with van der Waals surface area (Å²) in [6.45, 7) is -0.426. The van der Waals surface area contributed by atoms with Gasteiger partial charge in [0.2, 0.25) is 15.9 Å². The summed E-state index contributed by atoms with van der Waals surface area (Å²) < 4.78 is 43.6. The van der Waals surface area contributed by atoms with E-state index in [9.17, 15) is 18.0 Å². The largest absolute Gasteiger partial charge is 0.493 e. The van der Waals surface area contributed by atoms with Crippen molar-refractivity contribution in [2.75, 3.05) is 33.2 Å². The summed E-state index contributed by atoms with van der Waals surface area (Å²) in [4.78, 5) is 25.5. The van der Waals surface area contributed by atoms with Crippen molar-refractivity contribution in [3.63, 3.8) is 0 Å². The van der Waals surface area contributed by atoms with Crippen LogP contribution in [0.5, 0.6) is 11.5 Å². The van der Waals surface area contributed by atoms with Gasteiger partial charge in [-0.15, -0.1) is 0 Å². The van der Waals surface area contributed by atoms with Crippen LogP contribution >= 0.6 is 11.6 Å². The normalized spacial score (nSPS) is 14.4. The molecule has 9 nitrogen and oxygen atoms in total. The minimum Gasteiger partial charge on any atom is -0.493 e. The van der Waals surface area contributed by atoms with E-state index < -0.39 is 28.4 Å². The number of esters is 1. The summed E-state index contributed by atoms with van der Waals surface area (Å²) in [6.07, 6.45) is 4.08. The number of hydrogen-bond donors (Lipinski definition) is 1. The predicted octanol–water partition coefficient (Wildman–Crippen LogP) is 4.11. The van der Waals surface area contributed by atoms with Crippen LogP contribution in [0.2, 0.25) is 5.02 Å². The Labute approximate surface area is 210 Å². The van der Waals surface area contributed by atoms with Crippen LogP contribution in [0.3, 0.4) is 0 Å². The third-order valence-electron chi connectivity index (χ3n) is 5.90. The first-order valence-corrected chi connectivity index (χ1v) is 12.9. The van der Waals surface area contributed by atoms with Crippen molar-refractivity contribution in [3.8, 4) is 11.5 Å². The van der Waals surface area contributed by atoms with Gasteiger partial charge in [0.15, 0.2) is 11.5 Å². The molecule has 0 aromatic heterocycles. The fourth-order valence-corrected chi connectivity index (χ4v) is 5.88. The van der Waals surface area contributed by atoms with Gasteiger partial charge in [-0.2, -0.15) is 4.31 Å². The number of sulfonamides is 1. The number of anilines is 1. The minimum absolute atomic E-state index is 0.0447. The molecule has 3 rings (SSSR count). The number of carbonyl (C=O) groups is 2. The first-order chi connectivity index (χ1) is 16.7. The summed E-state index contributed by atoms with van der Waals surface area (Å²) in [5, 5.41) is 3.06. The Morgan fingerprint density at radius 2 is 1.60 bits per heavy atom. The van der Waals surface area contributed by atoms with Crippen LogP contribution in [-0.2, 0) is 19.6 Å². The molecule has 0 radical (unpaired) electrons. The molecule has 2 aromatic rings. The van der Waals surface area contributed by atoms with Crippen molar-refractivity contribution in [3.05, 3.63) is 47.0 Å². The third-order valence-corrected chi connectivity index (χ3v) is 8.07. The van der Waals surface area contributed by atoms with Gasteiger partial charge in [-0.25, -0.2) is 13.2 Å². The molecule has 1 fully saturated rings. The highest BCUT2D eigenvalue weighted by molar-refractivity contribution is 7.89. The van der Waals surface area contributed by atoms with Crippen molar-refractivity contribution in [1.82, 2.24) is 4.31 Å². The maximum absolute atomic E-state index is 13.5. The zero-order valence-electron chi connectivity index (χ0n) is 19.9. The van der Waals surface area contributed by atoms with Crippen LogP contribution in [0, 0.1) is 0 Å². The Balaban J connectivity index is 1.93. The van der Waals surface area contributed by atoms with E-state index in [1.165, 1.54) is 62.0 Å². The standard InChI is InChI=1S/C24H29ClN2O7S/c1-32-21-13-19(24(29)34-3)20(14-22(21)33-2)26-23(28)15-27(17-7-5-4-6-8-17)35(30,31)18-11-9-16(25)10-12-18/h9-14,17H,4-8,15H2,1-3H3,(H,26,28). The monoisotopic (exact) mass is 524 g/mol. The van der Waals surface area contributed by atoms with Gasteiger partial charge in [-0.1, -0.05) is 30.9 Å². The molecule has 1 aliphatic carbocycles. The molecule has 0 heterocycles. The topological polar surface area (TPSA) is 111 Å². The summed E-state index contributed by atoms with van der Waals surface area (Å²) in [6, 6.07) is 8.36. The van der Waals surface area contributed by atoms with Crippen LogP contribution in [0.4, 0.5) is 5.69 Å². The van der Waals surface area contributed by atoms with Crippen LogP contribution in [-0.4, -0.2) is 58.5 Å². The van der Waals surface area contributed by atoms with Crippen molar-refractivity contribution in [1.29, 1.82) is 0 Å². The molecular weight excluding hydrogens is 496 g/mol. The quantitative estimate of drug-likeness (QED) is 0.491. The summed E-state index contributed by atoms with van der Waals surface area (Å²) in [5.74, 6) is -0.738. The molecule has 11 heteroatoms. The van der Waals surface area contributed by atoms with Crippen LogP contribution in [0.1, 0.15) is 42.5 Å². The van der Waals surface area contributed by atoms with E-state index >= 15 is 0 Å². The zero-order chi connectivity index (χ0) is 25.6. The van der Waals surface area contributed by atoms with E-state index in [1.54, 1.807) is 0 Å². The Bertz CT molecular complexity index is 1160. The minimum atomic E-state index is -3.98. The Morgan fingerprint density at radius 1 is 1.00 bits per heavy atom. The van der Waals surface area contributed by atoms with Crippen molar-refractivity contribution in [2.45, 2.75) is 43.0 Å². The van der Waals surface area contributed by atoms with Gasteiger partial charge in [-0.3, -0.25) is 4.79 Å². The second-order valence-electron chi connectivity index (χ2n) is 8.09. The molecule has 0 saturated heterocycles. The third kappa shape index (κ3) is 6.25. The molecule has 0 aliphatic heterocycles. The van der Waals surface area contributed by atoms with E-state index in [2.05, 4.69) is 5.32 Å². The van der Waals surface area contributed by atoms with E-state index in [-0.39, 0.29) is 33.7 Å². The molecule has 0 bridgehead atoms. The number of benzene rings is 2. The molecule has 35 heavy (non-hydrogen) atoms. The van der Waals surface area contributed by atoms with Crippen molar-refractivity contribution < 1.29 is 32.2 Å². The maximum atomic E-state index is 13.5. The molecule has 1 amide bonds. The second kappa shape index (κ2) is 11.7. The average Bonchev–Trinajstić information content (AvgIpc) is 2.87. The molecule has 0 atom stereocenters. The second-order valence-corrected chi connectivity index (χ2v) is 10.4. The van der Waals surface area contributed by atoms with Gasteiger partial charge in [0.1, 0.15) is 0 Å². The van der Waals surface area contributed by atoms with E-state index in [0.29, 0.717) is 17.9 Å². The Morgan fingerprint density at radius 3 is 2.17 bits per heavy atom. The number of amides is 1. The van der Waals surface area contributed by atoms with Gasteiger partial charge in [0.25, 0.3) is 0 Å². The molecule has 2 aromatic carbocycles. The number of nitrogens with one attached hydrogen (secondary N) is 1. The van der Waals surface area contributed by atoms with Crippen LogP contribution < -0.4 is 14.8 Å². The van der Waals surface area contributed by atoms with Crippen LogP contribution in [0.15, 0.2) is 41.3 Å². The molecule has 0 unspecified atom stereocenters. The molecular formula is C24H29ClN2O7S. The lowest BCUT2D eigenvalue weighted by Gasteiger charge is -2.33.